The highest BCUT2D eigenvalue weighted by Gasteiger charge is 2.12. The molecule has 0 aromatic carbocycles. The van der Waals surface area contributed by atoms with Crippen molar-refractivity contribution in [3.05, 3.63) is 23.0 Å². The number of aromatic nitrogens is 2. The van der Waals surface area contributed by atoms with E-state index in [1.54, 1.807) is 0 Å². The number of fused-ring (bicyclic) bond motifs is 1. The van der Waals surface area contributed by atoms with Gasteiger partial charge in [0.05, 0.1) is 18.2 Å². The minimum atomic E-state index is -0.193. The summed E-state index contributed by atoms with van der Waals surface area (Å²) in [4.78, 5) is 16.8. The maximum atomic E-state index is 11.5. The summed E-state index contributed by atoms with van der Waals surface area (Å²) in [6, 6.07) is 0. The van der Waals surface area contributed by atoms with Gasteiger partial charge in [-0.25, -0.2) is 4.98 Å². The van der Waals surface area contributed by atoms with Crippen LogP contribution in [0.5, 0.6) is 0 Å². The van der Waals surface area contributed by atoms with Crippen molar-refractivity contribution >= 4 is 22.3 Å². The molecule has 0 aliphatic carbocycles. The largest absolute Gasteiger partial charge is 0.463 e. The number of hydrogen-bond acceptors (Lipinski definition) is 4. The van der Waals surface area contributed by atoms with Crippen LogP contribution in [-0.2, 0) is 16.0 Å². The van der Waals surface area contributed by atoms with Gasteiger partial charge in [0.2, 0.25) is 0 Å². The van der Waals surface area contributed by atoms with Gasteiger partial charge in [0.15, 0.2) is 4.96 Å². The average molecular weight is 238 g/mol. The number of aryl methyl sites for hydroxylation is 1. The monoisotopic (exact) mass is 238 g/mol. The van der Waals surface area contributed by atoms with Crippen molar-refractivity contribution < 1.29 is 9.53 Å². The van der Waals surface area contributed by atoms with Crippen molar-refractivity contribution in [2.45, 2.75) is 33.3 Å². The van der Waals surface area contributed by atoms with E-state index in [2.05, 4.69) is 4.98 Å². The van der Waals surface area contributed by atoms with Gasteiger partial charge >= 0.3 is 5.97 Å². The van der Waals surface area contributed by atoms with E-state index in [-0.39, 0.29) is 12.1 Å². The van der Waals surface area contributed by atoms with Crippen molar-refractivity contribution in [2.75, 3.05) is 0 Å². The van der Waals surface area contributed by atoms with Crippen LogP contribution >= 0.6 is 11.3 Å². The second-order valence-corrected chi connectivity index (χ2v) is 4.81. The van der Waals surface area contributed by atoms with E-state index in [0.717, 1.165) is 16.3 Å². The number of carbonyl (C=O) groups is 1. The van der Waals surface area contributed by atoms with Gasteiger partial charge in [0, 0.05) is 17.3 Å². The van der Waals surface area contributed by atoms with E-state index >= 15 is 0 Å². The summed E-state index contributed by atoms with van der Waals surface area (Å²) in [5, 5.41) is 1.95. The number of rotatable bonds is 3. The van der Waals surface area contributed by atoms with Gasteiger partial charge in [-0.05, 0) is 20.8 Å². The third-order valence-corrected chi connectivity index (χ3v) is 2.99. The fourth-order valence-electron chi connectivity index (χ4n) is 1.52. The molecule has 0 bridgehead atoms. The molecule has 2 aromatic rings. The first kappa shape index (κ1) is 11.1. The Balaban J connectivity index is 2.17. The lowest BCUT2D eigenvalue weighted by molar-refractivity contribution is -0.146. The smallest absolute Gasteiger partial charge is 0.312 e. The Bertz CT molecular complexity index is 513. The number of nitrogens with zero attached hydrogens (tertiary/aromatic N) is 2. The van der Waals surface area contributed by atoms with Crippen LogP contribution in [0, 0.1) is 6.92 Å². The van der Waals surface area contributed by atoms with Crippen LogP contribution in [0.2, 0.25) is 0 Å². The van der Waals surface area contributed by atoms with Crippen molar-refractivity contribution in [1.29, 1.82) is 0 Å². The van der Waals surface area contributed by atoms with Crippen molar-refractivity contribution in [3.8, 4) is 0 Å². The SMILES string of the molecule is Cc1cn2c(CC(=O)OC(C)C)csc2n1. The van der Waals surface area contributed by atoms with Crippen LogP contribution in [0.4, 0.5) is 0 Å². The van der Waals surface area contributed by atoms with Gasteiger partial charge in [-0.1, -0.05) is 0 Å². The summed E-state index contributed by atoms with van der Waals surface area (Å²) in [5.41, 5.74) is 1.90. The summed E-state index contributed by atoms with van der Waals surface area (Å²) >= 11 is 1.54. The van der Waals surface area contributed by atoms with E-state index in [4.69, 9.17) is 4.74 Å². The van der Waals surface area contributed by atoms with Crippen molar-refractivity contribution in [2.24, 2.45) is 0 Å². The molecule has 2 aromatic heterocycles. The Morgan fingerprint density at radius 2 is 2.38 bits per heavy atom. The molecule has 16 heavy (non-hydrogen) atoms. The molecule has 0 radical (unpaired) electrons. The summed E-state index contributed by atoms with van der Waals surface area (Å²) < 4.78 is 7.06. The molecule has 0 aliphatic rings. The summed E-state index contributed by atoms with van der Waals surface area (Å²) in [6.07, 6.45) is 2.17. The first-order chi connectivity index (χ1) is 7.56. The highest BCUT2D eigenvalue weighted by Crippen LogP contribution is 2.17. The van der Waals surface area contributed by atoms with E-state index in [0.29, 0.717) is 6.42 Å². The predicted molar refractivity (Wildman–Crippen MR) is 62.7 cm³/mol. The zero-order valence-electron chi connectivity index (χ0n) is 9.56. The standard InChI is InChI=1S/C11H14N2O2S/c1-7(2)15-10(14)4-9-6-16-11-12-8(3)5-13(9)11/h5-7H,4H2,1-3H3. The molecule has 0 spiro atoms. The second kappa shape index (κ2) is 4.25. The zero-order valence-corrected chi connectivity index (χ0v) is 10.4. The fourth-order valence-corrected chi connectivity index (χ4v) is 2.44. The van der Waals surface area contributed by atoms with Gasteiger partial charge < -0.3 is 4.74 Å². The maximum absolute atomic E-state index is 11.5. The molecular formula is C11H14N2O2S. The molecule has 0 unspecified atom stereocenters. The molecule has 0 fully saturated rings. The van der Waals surface area contributed by atoms with Gasteiger partial charge in [-0.2, -0.15) is 0 Å². The van der Waals surface area contributed by atoms with E-state index in [1.165, 1.54) is 11.3 Å². The van der Waals surface area contributed by atoms with Crippen molar-refractivity contribution in [3.63, 3.8) is 0 Å². The van der Waals surface area contributed by atoms with Crippen molar-refractivity contribution in [1.82, 2.24) is 9.38 Å². The van der Waals surface area contributed by atoms with Crippen LogP contribution in [-0.4, -0.2) is 21.5 Å². The first-order valence-electron chi connectivity index (χ1n) is 5.18. The molecule has 0 N–H and O–H groups in total. The lowest BCUT2D eigenvalue weighted by Gasteiger charge is -2.06. The quantitative estimate of drug-likeness (QED) is 0.770. The Kier molecular flexibility index (Phi) is 2.96. The molecule has 5 heteroatoms. The Morgan fingerprint density at radius 3 is 3.06 bits per heavy atom. The van der Waals surface area contributed by atoms with Gasteiger partial charge in [0.25, 0.3) is 0 Å². The summed E-state index contributed by atoms with van der Waals surface area (Å²) in [7, 11) is 0. The molecule has 0 saturated carbocycles. The Hall–Kier alpha value is -1.36. The minimum absolute atomic E-state index is 0.0638. The molecule has 4 nitrogen and oxygen atoms in total. The van der Waals surface area contributed by atoms with Crippen LogP contribution in [0.3, 0.4) is 0 Å². The molecule has 0 aliphatic heterocycles. The minimum Gasteiger partial charge on any atom is -0.463 e. The normalized spacial score (nSPS) is 11.2. The van der Waals surface area contributed by atoms with E-state index < -0.39 is 0 Å². The molecule has 86 valence electrons. The average Bonchev–Trinajstić information content (AvgIpc) is 2.65. The molecule has 0 amide bonds. The zero-order chi connectivity index (χ0) is 11.7. The molecule has 2 heterocycles. The van der Waals surface area contributed by atoms with E-state index in [9.17, 15) is 4.79 Å². The van der Waals surface area contributed by atoms with Gasteiger partial charge in [0.1, 0.15) is 0 Å². The summed E-state index contributed by atoms with van der Waals surface area (Å²) in [6.45, 7) is 5.64. The number of esters is 1. The number of hydrogen-bond donors (Lipinski definition) is 0. The third-order valence-electron chi connectivity index (χ3n) is 2.10. The predicted octanol–water partition coefficient (Wildman–Crippen LogP) is 2.20. The molecule has 0 saturated heterocycles. The molecular weight excluding hydrogens is 224 g/mol. The molecule has 2 rings (SSSR count). The number of ether oxygens (including phenoxy) is 1. The van der Waals surface area contributed by atoms with Gasteiger partial charge in [-0.3, -0.25) is 9.20 Å². The second-order valence-electron chi connectivity index (χ2n) is 3.98. The summed E-state index contributed by atoms with van der Waals surface area (Å²) in [5.74, 6) is -0.193. The highest BCUT2D eigenvalue weighted by atomic mass is 32.1. The van der Waals surface area contributed by atoms with Crippen LogP contribution in [0.15, 0.2) is 11.6 Å². The maximum Gasteiger partial charge on any atom is 0.312 e. The van der Waals surface area contributed by atoms with Gasteiger partial charge in [-0.15, -0.1) is 11.3 Å². The number of carbonyl (C=O) groups excluding carboxylic acids is 1. The Labute approximate surface area is 97.9 Å². The Morgan fingerprint density at radius 1 is 1.62 bits per heavy atom. The first-order valence-corrected chi connectivity index (χ1v) is 6.06. The van der Waals surface area contributed by atoms with E-state index in [1.807, 2.05) is 36.7 Å². The fraction of sp³-hybridized carbons (Fsp3) is 0.455. The lowest BCUT2D eigenvalue weighted by Crippen LogP contribution is -2.14. The molecule has 0 atom stereocenters. The third kappa shape index (κ3) is 2.24. The lowest BCUT2D eigenvalue weighted by atomic mass is 10.3. The topological polar surface area (TPSA) is 43.6 Å². The van der Waals surface area contributed by atoms with Crippen LogP contribution in [0.1, 0.15) is 25.2 Å². The number of thiazole rings is 1. The number of imidazole rings is 1. The van der Waals surface area contributed by atoms with Crippen LogP contribution in [0.25, 0.3) is 4.96 Å². The van der Waals surface area contributed by atoms with Crippen LogP contribution < -0.4 is 0 Å². The highest BCUT2D eigenvalue weighted by molar-refractivity contribution is 7.15.